The maximum absolute atomic E-state index is 12.4. The van der Waals surface area contributed by atoms with Gasteiger partial charge in [0.25, 0.3) is 5.56 Å². The number of fused-ring (bicyclic) bond motifs is 1. The van der Waals surface area contributed by atoms with Crippen LogP contribution in [0.2, 0.25) is 5.02 Å². The summed E-state index contributed by atoms with van der Waals surface area (Å²) in [6.07, 6.45) is 1.37. The van der Waals surface area contributed by atoms with Crippen molar-refractivity contribution in [2.24, 2.45) is 0 Å². The molecule has 6 nitrogen and oxygen atoms in total. The van der Waals surface area contributed by atoms with Crippen molar-refractivity contribution in [1.29, 1.82) is 0 Å². The lowest BCUT2D eigenvalue weighted by Crippen LogP contribution is -2.31. The van der Waals surface area contributed by atoms with Crippen molar-refractivity contribution in [2.45, 2.75) is 13.1 Å². The summed E-state index contributed by atoms with van der Waals surface area (Å²) in [7, 11) is -3.53. The van der Waals surface area contributed by atoms with Crippen LogP contribution in [0.1, 0.15) is 5.56 Å². The Kier molecular flexibility index (Phi) is 5.17. The molecule has 1 heterocycles. The zero-order valence-electron chi connectivity index (χ0n) is 13.2. The van der Waals surface area contributed by atoms with Crippen molar-refractivity contribution in [3.8, 4) is 0 Å². The number of halogens is 1. The lowest BCUT2D eigenvalue weighted by Gasteiger charge is -2.09. The van der Waals surface area contributed by atoms with E-state index in [1.807, 2.05) is 0 Å². The molecule has 0 aliphatic heterocycles. The van der Waals surface area contributed by atoms with Gasteiger partial charge in [-0.05, 0) is 29.8 Å². The van der Waals surface area contributed by atoms with Gasteiger partial charge in [0, 0.05) is 18.1 Å². The number of hydrogen-bond donors (Lipinski definition) is 1. The van der Waals surface area contributed by atoms with Gasteiger partial charge in [-0.15, -0.1) is 0 Å². The quantitative estimate of drug-likeness (QED) is 0.713. The number of nitrogens with one attached hydrogen (secondary N) is 1. The van der Waals surface area contributed by atoms with Crippen LogP contribution in [-0.4, -0.2) is 23.7 Å². The first kappa shape index (κ1) is 17.6. The van der Waals surface area contributed by atoms with Crippen LogP contribution in [0.15, 0.2) is 59.7 Å². The standard InChI is InChI=1S/C17H16ClN3O3S/c18-14-7-5-13(6-8-14)11-20-25(23,24)10-9-21-12-19-16-4-2-1-3-15(16)17(21)22/h1-8,12,20H,9-11H2. The van der Waals surface area contributed by atoms with E-state index in [4.69, 9.17) is 11.6 Å². The van der Waals surface area contributed by atoms with Crippen LogP contribution in [-0.2, 0) is 23.1 Å². The third-order valence-electron chi connectivity index (χ3n) is 3.74. The van der Waals surface area contributed by atoms with E-state index in [1.54, 1.807) is 48.5 Å². The predicted molar refractivity (Wildman–Crippen MR) is 98.1 cm³/mol. The van der Waals surface area contributed by atoms with Gasteiger partial charge < -0.3 is 0 Å². The van der Waals surface area contributed by atoms with Gasteiger partial charge in [0.05, 0.1) is 23.0 Å². The predicted octanol–water partition coefficient (Wildman–Crippen LogP) is 2.17. The van der Waals surface area contributed by atoms with Gasteiger partial charge in [0.2, 0.25) is 10.0 Å². The SMILES string of the molecule is O=c1c2ccccc2ncn1CCS(=O)(=O)NCc1ccc(Cl)cc1. The fourth-order valence-corrected chi connectivity index (χ4v) is 3.45. The fourth-order valence-electron chi connectivity index (χ4n) is 2.35. The summed E-state index contributed by atoms with van der Waals surface area (Å²) in [5.41, 5.74) is 1.14. The highest BCUT2D eigenvalue weighted by atomic mass is 35.5. The molecule has 0 aliphatic rings. The molecule has 0 amide bonds. The first-order valence-corrected chi connectivity index (χ1v) is 9.64. The minimum atomic E-state index is -3.53. The Morgan fingerprint density at radius 2 is 1.80 bits per heavy atom. The Bertz CT molecular complexity index is 1050. The fraction of sp³-hybridized carbons (Fsp3) is 0.176. The Morgan fingerprint density at radius 1 is 1.08 bits per heavy atom. The molecule has 0 bridgehead atoms. The highest BCUT2D eigenvalue weighted by molar-refractivity contribution is 7.89. The second-order valence-electron chi connectivity index (χ2n) is 5.53. The van der Waals surface area contributed by atoms with Crippen molar-refractivity contribution in [2.75, 3.05) is 5.75 Å². The molecule has 2 aromatic carbocycles. The van der Waals surface area contributed by atoms with E-state index in [0.29, 0.717) is 15.9 Å². The van der Waals surface area contributed by atoms with E-state index in [2.05, 4.69) is 9.71 Å². The van der Waals surface area contributed by atoms with Crippen molar-refractivity contribution < 1.29 is 8.42 Å². The molecule has 0 saturated heterocycles. The summed E-state index contributed by atoms with van der Waals surface area (Å²) in [6.45, 7) is 0.205. The van der Waals surface area contributed by atoms with Crippen LogP contribution in [0.4, 0.5) is 0 Å². The van der Waals surface area contributed by atoms with Gasteiger partial charge in [-0.1, -0.05) is 35.9 Å². The number of hydrogen-bond acceptors (Lipinski definition) is 4. The summed E-state index contributed by atoms with van der Waals surface area (Å²) in [5.74, 6) is -0.208. The maximum atomic E-state index is 12.4. The lowest BCUT2D eigenvalue weighted by molar-refractivity contribution is 0.572. The molecule has 8 heteroatoms. The third kappa shape index (κ3) is 4.45. The largest absolute Gasteiger partial charge is 0.298 e. The highest BCUT2D eigenvalue weighted by Gasteiger charge is 2.12. The number of benzene rings is 2. The van der Waals surface area contributed by atoms with Crippen molar-refractivity contribution in [3.63, 3.8) is 0 Å². The minimum absolute atomic E-state index is 0.0343. The lowest BCUT2D eigenvalue weighted by atomic mass is 10.2. The summed E-state index contributed by atoms with van der Waals surface area (Å²) >= 11 is 5.80. The second-order valence-corrected chi connectivity index (χ2v) is 7.89. The number of nitrogens with zero attached hydrogens (tertiary/aromatic N) is 2. The van der Waals surface area contributed by atoms with E-state index in [9.17, 15) is 13.2 Å². The molecule has 0 saturated carbocycles. The topological polar surface area (TPSA) is 81.1 Å². The molecule has 3 aromatic rings. The van der Waals surface area contributed by atoms with E-state index in [0.717, 1.165) is 5.56 Å². The van der Waals surface area contributed by atoms with Crippen LogP contribution >= 0.6 is 11.6 Å². The molecule has 0 spiro atoms. The normalized spacial score (nSPS) is 11.7. The summed E-state index contributed by atoms with van der Waals surface area (Å²) in [4.78, 5) is 16.5. The molecule has 0 unspecified atom stereocenters. The molecule has 130 valence electrons. The Hall–Kier alpha value is -2.22. The van der Waals surface area contributed by atoms with Crippen LogP contribution < -0.4 is 10.3 Å². The van der Waals surface area contributed by atoms with Crippen LogP contribution in [0, 0.1) is 0 Å². The average molecular weight is 378 g/mol. The summed E-state index contributed by atoms with van der Waals surface area (Å²) in [5, 5.41) is 1.06. The zero-order chi connectivity index (χ0) is 17.9. The smallest absolute Gasteiger partial charge is 0.261 e. The molecular formula is C17H16ClN3O3S. The summed E-state index contributed by atoms with van der Waals surface area (Å²) < 4.78 is 28.1. The van der Waals surface area contributed by atoms with E-state index in [1.165, 1.54) is 10.9 Å². The second kappa shape index (κ2) is 7.35. The Balaban J connectivity index is 1.67. The molecule has 25 heavy (non-hydrogen) atoms. The maximum Gasteiger partial charge on any atom is 0.261 e. The van der Waals surface area contributed by atoms with E-state index < -0.39 is 10.0 Å². The van der Waals surface area contributed by atoms with Gasteiger partial charge in [-0.25, -0.2) is 18.1 Å². The van der Waals surface area contributed by atoms with Crippen LogP contribution in [0.5, 0.6) is 0 Å². The van der Waals surface area contributed by atoms with Crippen molar-refractivity contribution in [3.05, 3.63) is 75.8 Å². The number of para-hydroxylation sites is 1. The summed E-state index contributed by atoms with van der Waals surface area (Å²) in [6, 6.07) is 13.9. The molecule has 0 fully saturated rings. The molecule has 3 rings (SSSR count). The van der Waals surface area contributed by atoms with Crippen LogP contribution in [0.25, 0.3) is 10.9 Å². The highest BCUT2D eigenvalue weighted by Crippen LogP contribution is 2.09. The monoisotopic (exact) mass is 377 g/mol. The molecule has 0 aliphatic carbocycles. The van der Waals surface area contributed by atoms with Gasteiger partial charge in [-0.3, -0.25) is 9.36 Å². The van der Waals surface area contributed by atoms with Crippen molar-refractivity contribution in [1.82, 2.24) is 14.3 Å². The van der Waals surface area contributed by atoms with Crippen LogP contribution in [0.3, 0.4) is 0 Å². The third-order valence-corrected chi connectivity index (χ3v) is 5.30. The number of sulfonamides is 1. The number of aryl methyl sites for hydroxylation is 1. The van der Waals surface area contributed by atoms with E-state index in [-0.39, 0.29) is 24.4 Å². The van der Waals surface area contributed by atoms with Gasteiger partial charge >= 0.3 is 0 Å². The molecule has 1 N–H and O–H groups in total. The van der Waals surface area contributed by atoms with Gasteiger partial charge in [0.1, 0.15) is 0 Å². The first-order chi connectivity index (χ1) is 11.9. The van der Waals surface area contributed by atoms with Gasteiger partial charge in [0.15, 0.2) is 0 Å². The molecule has 0 atom stereocenters. The Morgan fingerprint density at radius 3 is 2.56 bits per heavy atom. The molecular weight excluding hydrogens is 362 g/mol. The first-order valence-electron chi connectivity index (χ1n) is 7.60. The van der Waals surface area contributed by atoms with Crippen molar-refractivity contribution >= 4 is 32.5 Å². The van der Waals surface area contributed by atoms with Gasteiger partial charge in [-0.2, -0.15) is 0 Å². The number of aromatic nitrogens is 2. The average Bonchev–Trinajstić information content (AvgIpc) is 2.61. The zero-order valence-corrected chi connectivity index (χ0v) is 14.8. The van der Waals surface area contributed by atoms with E-state index >= 15 is 0 Å². The Labute approximate surface area is 150 Å². The number of rotatable bonds is 6. The molecule has 1 aromatic heterocycles. The minimum Gasteiger partial charge on any atom is -0.298 e. The molecule has 0 radical (unpaired) electrons.